The molecule has 11 heavy (non-hydrogen) atoms. The van der Waals surface area contributed by atoms with Crippen LogP contribution < -0.4 is 0 Å². The minimum Gasteiger partial charge on any atom is -0.311 e. The summed E-state index contributed by atoms with van der Waals surface area (Å²) in [6.45, 7) is 1.92. The molecule has 2 rings (SSSR count). The molecule has 0 spiro atoms. The van der Waals surface area contributed by atoms with Gasteiger partial charge in [0.1, 0.15) is 5.92 Å². The highest BCUT2D eigenvalue weighted by atomic mass is 32.2. The topological polar surface area (TPSA) is 32.7 Å². The Bertz CT molecular complexity index is 263. The Morgan fingerprint density at radius 2 is 2.36 bits per heavy atom. The average Bonchev–Trinajstić information content (AvgIpc) is 1.97. The van der Waals surface area contributed by atoms with Crippen LogP contribution in [0, 0.1) is 5.92 Å². The van der Waals surface area contributed by atoms with Crippen molar-refractivity contribution in [3.05, 3.63) is 0 Å². The first-order valence-corrected chi connectivity index (χ1v) is 4.75. The number of hydrogen-bond acceptors (Lipinski definition) is 3. The zero-order chi connectivity index (χ0) is 8.22. The number of nitrogens with zero attached hydrogens (tertiary/aromatic N) is 2. The summed E-state index contributed by atoms with van der Waals surface area (Å²) in [5.74, 6) is 0.300. The van der Waals surface area contributed by atoms with Gasteiger partial charge in [0.15, 0.2) is 4.99 Å². The van der Waals surface area contributed by atoms with Crippen molar-refractivity contribution in [1.82, 2.24) is 4.90 Å². The monoisotopic (exact) mass is 170 g/mol. The summed E-state index contributed by atoms with van der Waals surface area (Å²) < 4.78 is 0. The maximum absolute atomic E-state index is 11.2. The number of amides is 1. The molecular weight excluding hydrogens is 160 g/mol. The van der Waals surface area contributed by atoms with E-state index in [0.717, 1.165) is 5.71 Å². The molecule has 0 aliphatic carbocycles. The third-order valence-corrected chi connectivity index (χ3v) is 3.69. The second kappa shape index (κ2) is 1.80. The van der Waals surface area contributed by atoms with E-state index in [9.17, 15) is 4.79 Å². The maximum atomic E-state index is 11.2. The van der Waals surface area contributed by atoms with E-state index in [1.54, 1.807) is 16.7 Å². The standard InChI is InChI=1S/C7H10N2OS/c1-4-5-6(10)9(2)7(5,8-4)11-3/h5H,1-3H3. The highest BCUT2D eigenvalue weighted by Crippen LogP contribution is 2.52. The van der Waals surface area contributed by atoms with Crippen LogP contribution in [0.4, 0.5) is 0 Å². The van der Waals surface area contributed by atoms with Crippen molar-refractivity contribution in [1.29, 1.82) is 0 Å². The van der Waals surface area contributed by atoms with Gasteiger partial charge in [0.25, 0.3) is 0 Å². The van der Waals surface area contributed by atoms with E-state index in [-0.39, 0.29) is 16.8 Å². The molecule has 2 unspecified atom stereocenters. The predicted octanol–water partition coefficient (Wildman–Crippen LogP) is 0.566. The number of likely N-dealkylation sites (tertiary alicyclic amines) is 1. The minimum atomic E-state index is -0.207. The summed E-state index contributed by atoms with van der Waals surface area (Å²) in [6, 6.07) is 0. The fraction of sp³-hybridized carbons (Fsp3) is 0.714. The second-order valence-electron chi connectivity index (χ2n) is 2.95. The molecule has 2 atom stereocenters. The molecule has 1 amide bonds. The van der Waals surface area contributed by atoms with E-state index in [1.165, 1.54) is 0 Å². The van der Waals surface area contributed by atoms with Gasteiger partial charge in [-0.2, -0.15) is 0 Å². The molecule has 0 saturated carbocycles. The van der Waals surface area contributed by atoms with Crippen molar-refractivity contribution in [2.45, 2.75) is 11.9 Å². The lowest BCUT2D eigenvalue weighted by Crippen LogP contribution is -2.73. The molecule has 2 aliphatic rings. The quantitative estimate of drug-likeness (QED) is 0.539. The van der Waals surface area contributed by atoms with Crippen LogP contribution in [0.2, 0.25) is 0 Å². The van der Waals surface area contributed by atoms with E-state index in [2.05, 4.69) is 4.99 Å². The summed E-state index contributed by atoms with van der Waals surface area (Å²) in [7, 11) is 1.81. The van der Waals surface area contributed by atoms with E-state index >= 15 is 0 Å². The molecule has 0 aromatic rings. The van der Waals surface area contributed by atoms with Crippen LogP contribution in [0.15, 0.2) is 4.99 Å². The lowest BCUT2D eigenvalue weighted by atomic mass is 9.84. The molecule has 0 radical (unpaired) electrons. The molecule has 1 fully saturated rings. The van der Waals surface area contributed by atoms with Gasteiger partial charge < -0.3 is 4.90 Å². The number of β-lactam (4-membered cyclic amide) rings is 1. The van der Waals surface area contributed by atoms with Gasteiger partial charge in [0.05, 0.1) is 0 Å². The number of rotatable bonds is 1. The van der Waals surface area contributed by atoms with Crippen molar-refractivity contribution in [2.24, 2.45) is 10.9 Å². The predicted molar refractivity (Wildman–Crippen MR) is 45.6 cm³/mol. The second-order valence-corrected chi connectivity index (χ2v) is 3.96. The average molecular weight is 170 g/mol. The molecule has 60 valence electrons. The zero-order valence-corrected chi connectivity index (χ0v) is 7.60. The SMILES string of the molecule is CSC12N=C(C)C1C(=O)N2C. The number of aliphatic imine (C=N–C) groups is 1. The zero-order valence-electron chi connectivity index (χ0n) is 6.79. The first kappa shape index (κ1) is 7.16. The molecule has 0 N–H and O–H groups in total. The number of hydrogen-bond donors (Lipinski definition) is 0. The molecule has 2 aliphatic heterocycles. The number of carbonyl (C=O) groups excluding carboxylic acids is 1. The van der Waals surface area contributed by atoms with Gasteiger partial charge in [-0.05, 0) is 13.2 Å². The van der Waals surface area contributed by atoms with Gasteiger partial charge in [0, 0.05) is 12.8 Å². The highest BCUT2D eigenvalue weighted by molar-refractivity contribution is 8.00. The van der Waals surface area contributed by atoms with Crippen molar-refractivity contribution in [2.75, 3.05) is 13.3 Å². The van der Waals surface area contributed by atoms with E-state index < -0.39 is 0 Å². The van der Waals surface area contributed by atoms with Gasteiger partial charge in [-0.3, -0.25) is 9.79 Å². The van der Waals surface area contributed by atoms with Crippen molar-refractivity contribution in [3.63, 3.8) is 0 Å². The van der Waals surface area contributed by atoms with Crippen LogP contribution in [-0.4, -0.2) is 34.8 Å². The Morgan fingerprint density at radius 3 is 2.73 bits per heavy atom. The molecule has 0 aromatic carbocycles. The van der Waals surface area contributed by atoms with Crippen LogP contribution in [0.5, 0.6) is 0 Å². The van der Waals surface area contributed by atoms with Crippen LogP contribution in [0.3, 0.4) is 0 Å². The fourth-order valence-corrected chi connectivity index (χ4v) is 2.89. The summed E-state index contributed by atoms with van der Waals surface area (Å²) in [5, 5.41) is 0. The van der Waals surface area contributed by atoms with Gasteiger partial charge in [0.2, 0.25) is 5.91 Å². The first-order valence-electron chi connectivity index (χ1n) is 3.52. The molecule has 1 saturated heterocycles. The lowest BCUT2D eigenvalue weighted by Gasteiger charge is -2.58. The summed E-state index contributed by atoms with van der Waals surface area (Å²) >= 11 is 1.64. The van der Waals surface area contributed by atoms with Gasteiger partial charge in [-0.25, -0.2) is 0 Å². The van der Waals surface area contributed by atoms with E-state index in [4.69, 9.17) is 0 Å². The van der Waals surface area contributed by atoms with Crippen LogP contribution in [0.25, 0.3) is 0 Å². The molecule has 3 nitrogen and oxygen atoms in total. The van der Waals surface area contributed by atoms with Crippen LogP contribution in [-0.2, 0) is 4.79 Å². The normalized spacial score (nSPS) is 40.6. The Morgan fingerprint density at radius 1 is 1.73 bits per heavy atom. The Hall–Kier alpha value is -0.510. The summed E-state index contributed by atoms with van der Waals surface area (Å²) in [4.78, 5) is 17.1. The Kier molecular flexibility index (Phi) is 1.17. The fourth-order valence-electron chi connectivity index (χ4n) is 1.78. The molecule has 0 bridgehead atoms. The maximum Gasteiger partial charge on any atom is 0.239 e. The smallest absolute Gasteiger partial charge is 0.239 e. The largest absolute Gasteiger partial charge is 0.311 e. The first-order chi connectivity index (χ1) is 5.13. The lowest BCUT2D eigenvalue weighted by molar-refractivity contribution is -0.153. The summed E-state index contributed by atoms with van der Waals surface area (Å²) in [6.07, 6.45) is 1.99. The Balaban J connectivity index is 2.34. The Labute approximate surface area is 69.9 Å². The molecule has 0 aromatic heterocycles. The molecular formula is C7H10N2OS. The summed E-state index contributed by atoms with van der Waals surface area (Å²) in [5.41, 5.74) is 0.988. The van der Waals surface area contributed by atoms with Gasteiger partial charge >= 0.3 is 0 Å². The third-order valence-electron chi connectivity index (χ3n) is 2.49. The highest BCUT2D eigenvalue weighted by Gasteiger charge is 2.65. The number of thioether (sulfide) groups is 1. The van der Waals surface area contributed by atoms with Gasteiger partial charge in [-0.1, -0.05) is 0 Å². The molecule has 2 heterocycles. The van der Waals surface area contributed by atoms with Crippen molar-refractivity contribution >= 4 is 23.4 Å². The van der Waals surface area contributed by atoms with Gasteiger partial charge in [-0.15, -0.1) is 11.8 Å². The van der Waals surface area contributed by atoms with E-state index in [1.807, 2.05) is 20.2 Å². The third kappa shape index (κ3) is 0.537. The minimum absolute atomic E-state index is 0.0856. The van der Waals surface area contributed by atoms with Crippen LogP contribution >= 0.6 is 11.8 Å². The number of carbonyl (C=O) groups is 1. The van der Waals surface area contributed by atoms with Crippen molar-refractivity contribution < 1.29 is 4.79 Å². The molecule has 4 heteroatoms. The van der Waals surface area contributed by atoms with Crippen molar-refractivity contribution in [3.8, 4) is 0 Å². The number of fused-ring (bicyclic) bond motifs is 1. The van der Waals surface area contributed by atoms with E-state index in [0.29, 0.717) is 0 Å². The van der Waals surface area contributed by atoms with Crippen LogP contribution in [0.1, 0.15) is 6.92 Å².